The van der Waals surface area contributed by atoms with Gasteiger partial charge in [0.1, 0.15) is 5.75 Å². The van der Waals surface area contributed by atoms with Crippen molar-refractivity contribution < 1.29 is 9.53 Å². The first-order valence-corrected chi connectivity index (χ1v) is 8.59. The summed E-state index contributed by atoms with van der Waals surface area (Å²) in [5, 5.41) is 8.88. The van der Waals surface area contributed by atoms with E-state index in [4.69, 9.17) is 10.00 Å². The molecule has 1 heterocycles. The van der Waals surface area contributed by atoms with Gasteiger partial charge < -0.3 is 9.64 Å². The maximum Gasteiger partial charge on any atom is 0.223 e. The SMILES string of the molecule is C[C@@H](C1CC1)N(CCC#N)C(=O)C[C@H]1CCOc2ccccc21. The predicted molar refractivity (Wildman–Crippen MR) is 88.0 cm³/mol. The number of hydrogen-bond acceptors (Lipinski definition) is 3. The highest BCUT2D eigenvalue weighted by molar-refractivity contribution is 5.77. The third-order valence-electron chi connectivity index (χ3n) is 5.08. The van der Waals surface area contributed by atoms with Gasteiger partial charge >= 0.3 is 0 Å². The highest BCUT2D eigenvalue weighted by atomic mass is 16.5. The topological polar surface area (TPSA) is 53.3 Å². The summed E-state index contributed by atoms with van der Waals surface area (Å²) in [6.07, 6.45) is 4.22. The number of amides is 1. The molecule has 0 aromatic heterocycles. The fourth-order valence-corrected chi connectivity index (χ4v) is 3.51. The van der Waals surface area contributed by atoms with E-state index in [0.717, 1.165) is 17.7 Å². The van der Waals surface area contributed by atoms with Gasteiger partial charge in [-0.25, -0.2) is 0 Å². The second kappa shape index (κ2) is 7.04. The predicted octanol–water partition coefficient (Wildman–Crippen LogP) is 3.48. The lowest BCUT2D eigenvalue weighted by atomic mass is 9.89. The van der Waals surface area contributed by atoms with Crippen LogP contribution >= 0.6 is 0 Å². The maximum absolute atomic E-state index is 12.9. The Hall–Kier alpha value is -2.02. The molecule has 0 saturated heterocycles. The molecule has 4 heteroatoms. The third kappa shape index (κ3) is 3.67. The molecule has 2 aliphatic rings. The fraction of sp³-hybridized carbons (Fsp3) is 0.579. The van der Waals surface area contributed by atoms with Crippen LogP contribution < -0.4 is 4.74 Å². The number of ether oxygens (including phenoxy) is 1. The van der Waals surface area contributed by atoms with E-state index in [1.54, 1.807) is 0 Å². The number of benzene rings is 1. The lowest BCUT2D eigenvalue weighted by Crippen LogP contribution is -2.41. The summed E-state index contributed by atoms with van der Waals surface area (Å²) in [7, 11) is 0. The number of hydrogen-bond donors (Lipinski definition) is 0. The van der Waals surface area contributed by atoms with Crippen molar-refractivity contribution in [3.63, 3.8) is 0 Å². The highest BCUT2D eigenvalue weighted by Gasteiger charge is 2.35. The van der Waals surface area contributed by atoms with Crippen LogP contribution in [-0.4, -0.2) is 30.0 Å². The summed E-state index contributed by atoms with van der Waals surface area (Å²) < 4.78 is 5.69. The van der Waals surface area contributed by atoms with Crippen molar-refractivity contribution >= 4 is 5.91 Å². The molecular weight excluding hydrogens is 288 g/mol. The van der Waals surface area contributed by atoms with Crippen LogP contribution in [0, 0.1) is 17.2 Å². The molecule has 1 aliphatic heterocycles. The summed E-state index contributed by atoms with van der Waals surface area (Å²) in [6, 6.07) is 10.4. The molecular formula is C19H24N2O2. The number of fused-ring (bicyclic) bond motifs is 1. The van der Waals surface area contributed by atoms with E-state index >= 15 is 0 Å². The summed E-state index contributed by atoms with van der Waals surface area (Å²) in [5.41, 5.74) is 1.14. The second-order valence-corrected chi connectivity index (χ2v) is 6.65. The van der Waals surface area contributed by atoms with Crippen molar-refractivity contribution in [1.29, 1.82) is 5.26 Å². The molecule has 0 unspecified atom stereocenters. The van der Waals surface area contributed by atoms with Crippen molar-refractivity contribution in [3.05, 3.63) is 29.8 Å². The van der Waals surface area contributed by atoms with Crippen molar-refractivity contribution in [2.75, 3.05) is 13.2 Å². The smallest absolute Gasteiger partial charge is 0.223 e. The van der Waals surface area contributed by atoms with Crippen molar-refractivity contribution in [1.82, 2.24) is 4.90 Å². The first kappa shape index (κ1) is 15.9. The van der Waals surface area contributed by atoms with E-state index in [0.29, 0.717) is 31.9 Å². The van der Waals surface area contributed by atoms with Crippen LogP contribution in [0.4, 0.5) is 0 Å². The highest BCUT2D eigenvalue weighted by Crippen LogP contribution is 2.38. The van der Waals surface area contributed by atoms with Gasteiger partial charge in [0.05, 0.1) is 19.1 Å². The Balaban J connectivity index is 1.70. The number of carbonyl (C=O) groups excluding carboxylic acids is 1. The molecule has 1 amide bonds. The Bertz CT molecular complexity index is 604. The van der Waals surface area contributed by atoms with E-state index in [-0.39, 0.29) is 17.9 Å². The van der Waals surface area contributed by atoms with Crippen LogP contribution in [0.3, 0.4) is 0 Å². The maximum atomic E-state index is 12.9. The lowest BCUT2D eigenvalue weighted by molar-refractivity contribution is -0.134. The number of nitriles is 1. The van der Waals surface area contributed by atoms with Gasteiger partial charge in [-0.15, -0.1) is 0 Å². The Morgan fingerprint density at radius 3 is 2.91 bits per heavy atom. The van der Waals surface area contributed by atoms with Gasteiger partial charge in [0.2, 0.25) is 5.91 Å². The van der Waals surface area contributed by atoms with E-state index < -0.39 is 0 Å². The molecule has 3 rings (SSSR count). The average Bonchev–Trinajstić information content (AvgIpc) is 3.40. The van der Waals surface area contributed by atoms with E-state index in [2.05, 4.69) is 19.1 Å². The summed E-state index contributed by atoms with van der Waals surface area (Å²) in [6.45, 7) is 3.36. The van der Waals surface area contributed by atoms with E-state index in [1.807, 2.05) is 23.1 Å². The molecule has 1 aromatic rings. The van der Waals surface area contributed by atoms with Crippen molar-refractivity contribution in [3.8, 4) is 11.8 Å². The Morgan fingerprint density at radius 1 is 1.39 bits per heavy atom. The molecule has 23 heavy (non-hydrogen) atoms. The van der Waals surface area contributed by atoms with Crippen molar-refractivity contribution in [2.24, 2.45) is 5.92 Å². The van der Waals surface area contributed by atoms with Gasteiger partial charge in [-0.05, 0) is 49.7 Å². The van der Waals surface area contributed by atoms with Gasteiger partial charge in [0.25, 0.3) is 0 Å². The quantitative estimate of drug-likeness (QED) is 0.808. The molecule has 2 atom stereocenters. The first-order valence-electron chi connectivity index (χ1n) is 8.59. The van der Waals surface area contributed by atoms with E-state index in [1.165, 1.54) is 12.8 Å². The summed E-state index contributed by atoms with van der Waals surface area (Å²) in [4.78, 5) is 14.8. The normalized spacial score (nSPS) is 20.8. The largest absolute Gasteiger partial charge is 0.493 e. The fourth-order valence-electron chi connectivity index (χ4n) is 3.51. The Morgan fingerprint density at radius 2 is 2.17 bits per heavy atom. The molecule has 1 aromatic carbocycles. The number of para-hydroxylation sites is 1. The lowest BCUT2D eigenvalue weighted by Gasteiger charge is -2.32. The number of nitrogens with zero attached hydrogens (tertiary/aromatic N) is 2. The molecule has 0 spiro atoms. The molecule has 0 bridgehead atoms. The van der Waals surface area contributed by atoms with Gasteiger partial charge in [0.15, 0.2) is 0 Å². The summed E-state index contributed by atoms with van der Waals surface area (Å²) >= 11 is 0. The first-order chi connectivity index (χ1) is 11.2. The minimum Gasteiger partial charge on any atom is -0.493 e. The van der Waals surface area contributed by atoms with Crippen LogP contribution in [0.15, 0.2) is 24.3 Å². The van der Waals surface area contributed by atoms with E-state index in [9.17, 15) is 4.79 Å². The number of carbonyl (C=O) groups is 1. The van der Waals surface area contributed by atoms with Crippen LogP contribution in [0.2, 0.25) is 0 Å². The molecule has 4 nitrogen and oxygen atoms in total. The van der Waals surface area contributed by atoms with Gasteiger partial charge in [0, 0.05) is 19.0 Å². The molecule has 1 saturated carbocycles. The van der Waals surface area contributed by atoms with Gasteiger partial charge in [-0.1, -0.05) is 18.2 Å². The zero-order valence-electron chi connectivity index (χ0n) is 13.7. The average molecular weight is 312 g/mol. The van der Waals surface area contributed by atoms with Crippen LogP contribution in [0.1, 0.15) is 50.5 Å². The summed E-state index contributed by atoms with van der Waals surface area (Å²) in [5.74, 6) is 1.94. The van der Waals surface area contributed by atoms with Crippen LogP contribution in [0.5, 0.6) is 5.75 Å². The Kier molecular flexibility index (Phi) is 4.85. The van der Waals surface area contributed by atoms with Crippen molar-refractivity contribution in [2.45, 2.75) is 51.0 Å². The number of rotatable bonds is 6. The molecule has 1 fully saturated rings. The van der Waals surface area contributed by atoms with Gasteiger partial charge in [-0.3, -0.25) is 4.79 Å². The van der Waals surface area contributed by atoms with Crippen LogP contribution in [0.25, 0.3) is 0 Å². The minimum absolute atomic E-state index is 0.182. The van der Waals surface area contributed by atoms with Gasteiger partial charge in [-0.2, -0.15) is 5.26 Å². The van der Waals surface area contributed by atoms with Crippen LogP contribution in [-0.2, 0) is 4.79 Å². The molecule has 1 aliphatic carbocycles. The Labute approximate surface area is 138 Å². The second-order valence-electron chi connectivity index (χ2n) is 6.65. The minimum atomic E-state index is 0.182. The molecule has 0 radical (unpaired) electrons. The molecule has 122 valence electrons. The molecule has 0 N–H and O–H groups in total. The monoisotopic (exact) mass is 312 g/mol. The standard InChI is InChI=1S/C19H24N2O2/c1-14(15-7-8-15)21(11-4-10-20)19(22)13-16-9-12-23-18-6-3-2-5-17(16)18/h2-3,5-6,14-16H,4,7-9,11-13H2,1H3/t14-,16+/m0/s1. The third-order valence-corrected chi connectivity index (χ3v) is 5.08. The zero-order chi connectivity index (χ0) is 16.2. The zero-order valence-corrected chi connectivity index (χ0v) is 13.7.